The second-order valence-corrected chi connectivity index (χ2v) is 6.11. The van der Waals surface area contributed by atoms with Crippen LogP contribution in [0.4, 0.5) is 0 Å². The molecule has 1 aromatic heterocycles. The molecule has 0 atom stereocenters. The van der Waals surface area contributed by atoms with Crippen molar-refractivity contribution in [3.8, 4) is 0 Å². The fourth-order valence-corrected chi connectivity index (χ4v) is 3.03. The first kappa shape index (κ1) is 12.8. The van der Waals surface area contributed by atoms with E-state index >= 15 is 0 Å². The lowest BCUT2D eigenvalue weighted by Gasteiger charge is -2.08. The minimum Gasteiger partial charge on any atom is -0.294 e. The molecule has 0 radical (unpaired) electrons. The highest BCUT2D eigenvalue weighted by Crippen LogP contribution is 2.23. The third-order valence-electron chi connectivity index (χ3n) is 3.67. The molecule has 0 amide bonds. The maximum absolute atomic E-state index is 12.1. The molecule has 0 unspecified atom stereocenters. The van der Waals surface area contributed by atoms with Gasteiger partial charge in [-0.05, 0) is 65.5 Å². The van der Waals surface area contributed by atoms with Gasteiger partial charge in [0.2, 0.25) is 0 Å². The van der Waals surface area contributed by atoms with Gasteiger partial charge in [0.05, 0.1) is 22.1 Å². The summed E-state index contributed by atoms with van der Waals surface area (Å²) in [4.78, 5) is 16.4. The molecule has 0 saturated heterocycles. The number of benzene rings is 1. The monoisotopic (exact) mass is 366 g/mol. The van der Waals surface area contributed by atoms with Crippen molar-refractivity contribution in [2.24, 2.45) is 0 Å². The number of rotatable bonds is 2. The van der Waals surface area contributed by atoms with E-state index in [0.29, 0.717) is 10.1 Å². The van der Waals surface area contributed by atoms with Crippen LogP contribution in [0.1, 0.15) is 28.8 Å². The molecule has 19 heavy (non-hydrogen) atoms. The fraction of sp³-hybridized carbons (Fsp3) is 0.333. The molecule has 1 aliphatic carbocycles. The van der Waals surface area contributed by atoms with E-state index in [1.54, 1.807) is 10.9 Å². The first-order valence-electron chi connectivity index (χ1n) is 6.47. The minimum atomic E-state index is 0.0496. The molecular weight excluding hydrogens is 351 g/mol. The van der Waals surface area contributed by atoms with Gasteiger partial charge in [0, 0.05) is 0 Å². The maximum atomic E-state index is 12.1. The summed E-state index contributed by atoms with van der Waals surface area (Å²) in [6, 6.07) is 6.57. The zero-order valence-corrected chi connectivity index (χ0v) is 13.0. The topological polar surface area (TPSA) is 34.9 Å². The van der Waals surface area contributed by atoms with Gasteiger partial charge in [-0.15, -0.1) is 0 Å². The Morgan fingerprint density at radius 1 is 1.32 bits per heavy atom. The van der Waals surface area contributed by atoms with Gasteiger partial charge in [0.15, 0.2) is 0 Å². The van der Waals surface area contributed by atoms with E-state index in [4.69, 9.17) is 0 Å². The van der Waals surface area contributed by atoms with Gasteiger partial charge in [0.25, 0.3) is 5.56 Å². The van der Waals surface area contributed by atoms with Gasteiger partial charge in [-0.2, -0.15) is 0 Å². The highest BCUT2D eigenvalue weighted by Gasteiger charge is 2.11. The first-order valence-corrected chi connectivity index (χ1v) is 7.55. The van der Waals surface area contributed by atoms with Crippen LogP contribution in [-0.2, 0) is 19.4 Å². The largest absolute Gasteiger partial charge is 0.294 e. The lowest BCUT2D eigenvalue weighted by Crippen LogP contribution is -2.24. The van der Waals surface area contributed by atoms with Gasteiger partial charge in [-0.1, -0.05) is 18.2 Å². The molecular formula is C15H15IN2O. The van der Waals surface area contributed by atoms with Crippen LogP contribution in [0.25, 0.3) is 0 Å². The molecule has 1 aromatic carbocycles. The molecule has 98 valence electrons. The summed E-state index contributed by atoms with van der Waals surface area (Å²) in [5.74, 6) is 0. The predicted octanol–water partition coefficient (Wildman–Crippen LogP) is 2.69. The quantitative estimate of drug-likeness (QED) is 0.767. The van der Waals surface area contributed by atoms with Crippen molar-refractivity contribution < 1.29 is 0 Å². The van der Waals surface area contributed by atoms with Gasteiger partial charge in [0.1, 0.15) is 0 Å². The van der Waals surface area contributed by atoms with E-state index in [0.717, 1.165) is 5.69 Å². The molecule has 3 nitrogen and oxygen atoms in total. The van der Waals surface area contributed by atoms with E-state index in [-0.39, 0.29) is 5.56 Å². The molecule has 2 aromatic rings. The Balaban J connectivity index is 1.94. The number of aryl methyl sites for hydroxylation is 3. The van der Waals surface area contributed by atoms with Crippen LogP contribution in [0.3, 0.4) is 0 Å². The summed E-state index contributed by atoms with van der Waals surface area (Å²) in [7, 11) is 0. The van der Waals surface area contributed by atoms with E-state index in [1.807, 2.05) is 6.92 Å². The van der Waals surface area contributed by atoms with Crippen LogP contribution in [0.5, 0.6) is 0 Å². The molecule has 3 rings (SSSR count). The number of hydrogen-bond donors (Lipinski definition) is 0. The normalized spacial score (nSPS) is 13.6. The van der Waals surface area contributed by atoms with Crippen molar-refractivity contribution in [2.75, 3.05) is 0 Å². The maximum Gasteiger partial charge on any atom is 0.267 e. The molecule has 0 saturated carbocycles. The Morgan fingerprint density at radius 3 is 2.95 bits per heavy atom. The average molecular weight is 366 g/mol. The van der Waals surface area contributed by atoms with Crippen LogP contribution in [-0.4, -0.2) is 9.55 Å². The predicted molar refractivity (Wildman–Crippen MR) is 83.5 cm³/mol. The summed E-state index contributed by atoms with van der Waals surface area (Å²) in [6.07, 6.45) is 5.26. The first-order chi connectivity index (χ1) is 9.15. The molecule has 1 heterocycles. The van der Waals surface area contributed by atoms with E-state index in [9.17, 15) is 4.79 Å². The summed E-state index contributed by atoms with van der Waals surface area (Å²) in [5.41, 5.74) is 4.95. The van der Waals surface area contributed by atoms with Crippen molar-refractivity contribution in [3.05, 3.63) is 60.8 Å². The van der Waals surface area contributed by atoms with Crippen LogP contribution >= 0.6 is 22.6 Å². The second kappa shape index (κ2) is 5.07. The summed E-state index contributed by atoms with van der Waals surface area (Å²) >= 11 is 2.07. The van der Waals surface area contributed by atoms with Crippen molar-refractivity contribution in [1.29, 1.82) is 0 Å². The molecule has 0 bridgehead atoms. The van der Waals surface area contributed by atoms with E-state index < -0.39 is 0 Å². The van der Waals surface area contributed by atoms with Gasteiger partial charge in [-0.25, -0.2) is 4.98 Å². The van der Waals surface area contributed by atoms with Crippen molar-refractivity contribution in [3.63, 3.8) is 0 Å². The smallest absolute Gasteiger partial charge is 0.267 e. The average Bonchev–Trinajstić information content (AvgIpc) is 2.87. The molecule has 0 fully saturated rings. The third kappa shape index (κ3) is 2.45. The highest BCUT2D eigenvalue weighted by atomic mass is 127. The Labute approximate surface area is 125 Å². The van der Waals surface area contributed by atoms with E-state index in [2.05, 4.69) is 45.8 Å². The van der Waals surface area contributed by atoms with Crippen LogP contribution in [0, 0.1) is 10.5 Å². The van der Waals surface area contributed by atoms with Crippen LogP contribution in [0.2, 0.25) is 0 Å². The minimum absolute atomic E-state index is 0.0496. The zero-order valence-electron chi connectivity index (χ0n) is 10.8. The van der Waals surface area contributed by atoms with Crippen molar-refractivity contribution in [2.45, 2.75) is 32.7 Å². The lowest BCUT2D eigenvalue weighted by atomic mass is 10.1. The molecule has 0 spiro atoms. The number of aromatic nitrogens is 2. The Bertz CT molecular complexity index is 691. The number of fused-ring (bicyclic) bond motifs is 1. The molecule has 1 aliphatic rings. The Kier molecular flexibility index (Phi) is 3.43. The summed E-state index contributed by atoms with van der Waals surface area (Å²) in [6.45, 7) is 2.47. The SMILES string of the molecule is Cc1ncn(Cc2ccc3c(c2)CCC3)c(=O)c1I. The van der Waals surface area contributed by atoms with Crippen LogP contribution in [0.15, 0.2) is 29.3 Å². The highest BCUT2D eigenvalue weighted by molar-refractivity contribution is 14.1. The summed E-state index contributed by atoms with van der Waals surface area (Å²) < 4.78 is 2.40. The van der Waals surface area contributed by atoms with Crippen LogP contribution < -0.4 is 5.56 Å². The molecule has 0 aliphatic heterocycles. The number of hydrogen-bond acceptors (Lipinski definition) is 2. The Morgan fingerprint density at radius 2 is 2.11 bits per heavy atom. The fourth-order valence-electron chi connectivity index (χ4n) is 2.58. The summed E-state index contributed by atoms with van der Waals surface area (Å²) in [5, 5.41) is 0. The lowest BCUT2D eigenvalue weighted by molar-refractivity contribution is 0.723. The van der Waals surface area contributed by atoms with E-state index in [1.165, 1.54) is 36.0 Å². The number of nitrogens with zero attached hydrogens (tertiary/aromatic N) is 2. The molecule has 4 heteroatoms. The molecule has 0 N–H and O–H groups in total. The second-order valence-electron chi connectivity index (χ2n) is 5.03. The van der Waals surface area contributed by atoms with Gasteiger partial charge >= 0.3 is 0 Å². The standard InChI is InChI=1S/C15H15IN2O/c1-10-14(16)15(19)18(9-17-10)8-11-5-6-12-3-2-4-13(12)7-11/h5-7,9H,2-4,8H2,1H3. The van der Waals surface area contributed by atoms with Crippen molar-refractivity contribution >= 4 is 22.6 Å². The van der Waals surface area contributed by atoms with Gasteiger partial charge < -0.3 is 0 Å². The zero-order chi connectivity index (χ0) is 13.4. The number of halogens is 1. The van der Waals surface area contributed by atoms with Gasteiger partial charge in [-0.3, -0.25) is 9.36 Å². The van der Waals surface area contributed by atoms with Crippen molar-refractivity contribution in [1.82, 2.24) is 9.55 Å². The third-order valence-corrected chi connectivity index (χ3v) is 4.91. The Hall–Kier alpha value is -1.17.